The molecular formula is C16H25BrN2. The molecule has 106 valence electrons. The monoisotopic (exact) mass is 324 g/mol. The summed E-state index contributed by atoms with van der Waals surface area (Å²) in [7, 11) is 2.22. The van der Waals surface area contributed by atoms with E-state index in [9.17, 15) is 0 Å². The van der Waals surface area contributed by atoms with Crippen molar-refractivity contribution in [3.05, 3.63) is 34.3 Å². The van der Waals surface area contributed by atoms with E-state index in [1.54, 1.807) is 0 Å². The van der Waals surface area contributed by atoms with Crippen LogP contribution in [0.4, 0.5) is 0 Å². The summed E-state index contributed by atoms with van der Waals surface area (Å²) in [5.74, 6) is 0. The third-order valence-corrected chi connectivity index (χ3v) is 4.93. The van der Waals surface area contributed by atoms with E-state index in [2.05, 4.69) is 71.3 Å². The smallest absolute Gasteiger partial charge is 0.0292 e. The van der Waals surface area contributed by atoms with Crippen LogP contribution in [0, 0.1) is 5.41 Å². The Morgan fingerprint density at radius 1 is 1.26 bits per heavy atom. The molecule has 2 nitrogen and oxygen atoms in total. The number of hydrogen-bond donors (Lipinski definition) is 1. The summed E-state index contributed by atoms with van der Waals surface area (Å²) in [6.45, 7) is 8.23. The standard InChI is InChI=1S/C16H25BrN2/c1-13(14-4-6-15(17)7-5-14)18-12-16(2)8-10-19(3)11-9-16/h4-7,13,18H,8-12H2,1-3H3. The van der Waals surface area contributed by atoms with Crippen LogP contribution in [0.5, 0.6) is 0 Å². The SMILES string of the molecule is CC(NCC1(C)CCN(C)CC1)c1ccc(Br)cc1. The molecule has 0 radical (unpaired) electrons. The summed E-state index contributed by atoms with van der Waals surface area (Å²) in [4.78, 5) is 2.43. The van der Waals surface area contributed by atoms with Gasteiger partial charge in [-0.3, -0.25) is 0 Å². The highest BCUT2D eigenvalue weighted by molar-refractivity contribution is 9.10. The van der Waals surface area contributed by atoms with E-state index in [1.807, 2.05) is 0 Å². The molecule has 0 saturated carbocycles. The molecule has 0 amide bonds. The molecule has 0 aliphatic carbocycles. The zero-order valence-corrected chi connectivity index (χ0v) is 13.8. The van der Waals surface area contributed by atoms with E-state index in [-0.39, 0.29) is 0 Å². The molecule has 0 aromatic heterocycles. The Morgan fingerprint density at radius 2 is 1.84 bits per heavy atom. The summed E-state index contributed by atoms with van der Waals surface area (Å²) in [5.41, 5.74) is 1.82. The molecule has 1 heterocycles. The highest BCUT2D eigenvalue weighted by Crippen LogP contribution is 2.30. The summed E-state index contributed by atoms with van der Waals surface area (Å²) in [5, 5.41) is 3.71. The Labute approximate surface area is 125 Å². The van der Waals surface area contributed by atoms with E-state index in [0.717, 1.165) is 11.0 Å². The van der Waals surface area contributed by atoms with Gasteiger partial charge in [-0.05, 0) is 63.0 Å². The summed E-state index contributed by atoms with van der Waals surface area (Å²) < 4.78 is 1.14. The molecule has 1 unspecified atom stereocenters. The fourth-order valence-electron chi connectivity index (χ4n) is 2.60. The van der Waals surface area contributed by atoms with Crippen LogP contribution in [0.1, 0.15) is 38.3 Å². The lowest BCUT2D eigenvalue weighted by molar-refractivity contribution is 0.134. The maximum atomic E-state index is 3.71. The van der Waals surface area contributed by atoms with Crippen LogP contribution >= 0.6 is 15.9 Å². The zero-order chi connectivity index (χ0) is 13.9. The number of piperidine rings is 1. The number of nitrogens with zero attached hydrogens (tertiary/aromatic N) is 1. The van der Waals surface area contributed by atoms with Crippen molar-refractivity contribution in [3.8, 4) is 0 Å². The van der Waals surface area contributed by atoms with Gasteiger partial charge in [0.2, 0.25) is 0 Å². The van der Waals surface area contributed by atoms with Gasteiger partial charge in [-0.2, -0.15) is 0 Å². The molecule has 3 heteroatoms. The van der Waals surface area contributed by atoms with Crippen LogP contribution in [0.25, 0.3) is 0 Å². The van der Waals surface area contributed by atoms with Crippen molar-refractivity contribution in [1.29, 1.82) is 0 Å². The number of benzene rings is 1. The summed E-state index contributed by atoms with van der Waals surface area (Å²) >= 11 is 3.49. The van der Waals surface area contributed by atoms with E-state index in [4.69, 9.17) is 0 Å². The average Bonchev–Trinajstić information content (AvgIpc) is 2.41. The minimum Gasteiger partial charge on any atom is -0.310 e. The maximum absolute atomic E-state index is 3.71. The Morgan fingerprint density at radius 3 is 2.42 bits per heavy atom. The van der Waals surface area contributed by atoms with Crippen LogP contribution in [0.3, 0.4) is 0 Å². The van der Waals surface area contributed by atoms with Crippen molar-refractivity contribution in [2.75, 3.05) is 26.7 Å². The van der Waals surface area contributed by atoms with Crippen LogP contribution < -0.4 is 5.32 Å². The first-order valence-electron chi connectivity index (χ1n) is 7.16. The van der Waals surface area contributed by atoms with Crippen molar-refractivity contribution in [2.24, 2.45) is 5.41 Å². The van der Waals surface area contributed by atoms with Gasteiger partial charge in [0.25, 0.3) is 0 Å². The van der Waals surface area contributed by atoms with Gasteiger partial charge in [0.05, 0.1) is 0 Å². The number of nitrogens with one attached hydrogen (secondary N) is 1. The first kappa shape index (κ1) is 15.0. The quantitative estimate of drug-likeness (QED) is 0.905. The van der Waals surface area contributed by atoms with Gasteiger partial charge in [-0.15, -0.1) is 0 Å². The number of hydrogen-bond acceptors (Lipinski definition) is 2. The molecule has 0 spiro atoms. The predicted octanol–water partition coefficient (Wildman–Crippen LogP) is 3.83. The highest BCUT2D eigenvalue weighted by Gasteiger charge is 2.28. The lowest BCUT2D eigenvalue weighted by Crippen LogP contribution is -2.42. The molecule has 0 bridgehead atoms. The van der Waals surface area contributed by atoms with E-state index in [1.165, 1.54) is 31.5 Å². The molecule has 1 aliphatic heterocycles. The topological polar surface area (TPSA) is 15.3 Å². The van der Waals surface area contributed by atoms with Crippen LogP contribution in [0.15, 0.2) is 28.7 Å². The lowest BCUT2D eigenvalue weighted by Gasteiger charge is -2.38. The lowest BCUT2D eigenvalue weighted by atomic mass is 9.80. The largest absolute Gasteiger partial charge is 0.310 e. The molecule has 1 N–H and O–H groups in total. The number of likely N-dealkylation sites (tertiary alicyclic amines) is 1. The van der Waals surface area contributed by atoms with Crippen molar-refractivity contribution in [1.82, 2.24) is 10.2 Å². The fourth-order valence-corrected chi connectivity index (χ4v) is 2.87. The molecule has 19 heavy (non-hydrogen) atoms. The third-order valence-electron chi connectivity index (χ3n) is 4.40. The molecule has 2 rings (SSSR count). The van der Waals surface area contributed by atoms with Crippen molar-refractivity contribution in [3.63, 3.8) is 0 Å². The normalized spacial score (nSPS) is 21.3. The average molecular weight is 325 g/mol. The molecule has 1 fully saturated rings. The van der Waals surface area contributed by atoms with Crippen LogP contribution in [-0.2, 0) is 0 Å². The van der Waals surface area contributed by atoms with Gasteiger partial charge in [0.15, 0.2) is 0 Å². The predicted molar refractivity (Wildman–Crippen MR) is 85.4 cm³/mol. The number of rotatable bonds is 4. The summed E-state index contributed by atoms with van der Waals surface area (Å²) in [6.07, 6.45) is 2.59. The van der Waals surface area contributed by atoms with E-state index >= 15 is 0 Å². The molecule has 1 atom stereocenters. The first-order chi connectivity index (χ1) is 8.98. The molecule has 1 saturated heterocycles. The highest BCUT2D eigenvalue weighted by atomic mass is 79.9. The molecule has 1 aliphatic rings. The van der Waals surface area contributed by atoms with Crippen molar-refractivity contribution < 1.29 is 0 Å². The van der Waals surface area contributed by atoms with E-state index in [0.29, 0.717) is 11.5 Å². The van der Waals surface area contributed by atoms with Gasteiger partial charge in [0, 0.05) is 17.1 Å². The second kappa shape index (κ2) is 6.38. The van der Waals surface area contributed by atoms with Gasteiger partial charge in [-0.25, -0.2) is 0 Å². The van der Waals surface area contributed by atoms with Gasteiger partial charge in [-0.1, -0.05) is 35.0 Å². The third kappa shape index (κ3) is 4.30. The van der Waals surface area contributed by atoms with Crippen molar-refractivity contribution in [2.45, 2.75) is 32.7 Å². The second-order valence-corrected chi connectivity index (χ2v) is 7.18. The zero-order valence-electron chi connectivity index (χ0n) is 12.2. The van der Waals surface area contributed by atoms with Crippen LogP contribution in [-0.4, -0.2) is 31.6 Å². The Bertz CT molecular complexity index is 394. The molecule has 1 aromatic carbocycles. The van der Waals surface area contributed by atoms with Gasteiger partial charge < -0.3 is 10.2 Å². The van der Waals surface area contributed by atoms with Gasteiger partial charge in [0.1, 0.15) is 0 Å². The first-order valence-corrected chi connectivity index (χ1v) is 7.95. The van der Waals surface area contributed by atoms with Crippen molar-refractivity contribution >= 4 is 15.9 Å². The van der Waals surface area contributed by atoms with Crippen LogP contribution in [0.2, 0.25) is 0 Å². The minimum atomic E-state index is 0.421. The van der Waals surface area contributed by atoms with Gasteiger partial charge >= 0.3 is 0 Å². The van der Waals surface area contributed by atoms with E-state index < -0.39 is 0 Å². The minimum absolute atomic E-state index is 0.421. The fraction of sp³-hybridized carbons (Fsp3) is 0.625. The Kier molecular flexibility index (Phi) is 5.04. The second-order valence-electron chi connectivity index (χ2n) is 6.27. The Hall–Kier alpha value is -0.380. The Balaban J connectivity index is 1.86. The number of halogens is 1. The maximum Gasteiger partial charge on any atom is 0.0292 e. The molecule has 1 aromatic rings. The molecular weight excluding hydrogens is 300 g/mol. The summed E-state index contributed by atoms with van der Waals surface area (Å²) in [6, 6.07) is 9.04.